The molecule has 0 bridgehead atoms. The van der Waals surface area contributed by atoms with Gasteiger partial charge in [0.2, 0.25) is 0 Å². The fourth-order valence-corrected chi connectivity index (χ4v) is 2.50. The van der Waals surface area contributed by atoms with Crippen molar-refractivity contribution in [2.75, 3.05) is 6.61 Å². The Morgan fingerprint density at radius 1 is 1.07 bits per heavy atom. The lowest BCUT2D eigenvalue weighted by Crippen LogP contribution is -2.24. The van der Waals surface area contributed by atoms with E-state index in [1.54, 1.807) is 30.3 Å². The van der Waals surface area contributed by atoms with Gasteiger partial charge in [0.1, 0.15) is 11.5 Å². The first-order valence-corrected chi connectivity index (χ1v) is 9.40. The molecule has 0 aliphatic carbocycles. The summed E-state index contributed by atoms with van der Waals surface area (Å²) in [5, 5.41) is 22.7. The van der Waals surface area contributed by atoms with E-state index in [-0.39, 0.29) is 12.4 Å². The highest BCUT2D eigenvalue weighted by Gasteiger charge is 2.04. The molecule has 0 unspecified atom stereocenters. The number of azo groups is 1. The first kappa shape index (κ1) is 21.0. The van der Waals surface area contributed by atoms with Gasteiger partial charge in [-0.1, -0.05) is 29.8 Å². The number of hydrogen-bond acceptors (Lipinski definition) is 6. The molecule has 0 spiro atoms. The molecule has 0 saturated carbocycles. The molecule has 0 aromatic heterocycles. The van der Waals surface area contributed by atoms with E-state index < -0.39 is 5.91 Å². The van der Waals surface area contributed by atoms with Crippen LogP contribution in [0.15, 0.2) is 82.1 Å². The maximum Gasteiger partial charge on any atom is 0.277 e. The van der Waals surface area contributed by atoms with Crippen molar-refractivity contribution in [2.24, 2.45) is 15.3 Å². The molecule has 152 valence electrons. The number of rotatable bonds is 7. The molecule has 7 nitrogen and oxygen atoms in total. The first-order chi connectivity index (χ1) is 14.5. The van der Waals surface area contributed by atoms with E-state index in [4.69, 9.17) is 16.3 Å². The van der Waals surface area contributed by atoms with E-state index in [2.05, 4.69) is 20.8 Å². The number of aromatic hydroxyl groups is 1. The van der Waals surface area contributed by atoms with Gasteiger partial charge in [-0.05, 0) is 61.0 Å². The Morgan fingerprint density at radius 2 is 1.83 bits per heavy atom. The van der Waals surface area contributed by atoms with Crippen LogP contribution < -0.4 is 10.2 Å². The molecule has 30 heavy (non-hydrogen) atoms. The minimum absolute atomic E-state index is 0.000417. The zero-order chi connectivity index (χ0) is 21.3. The number of nitrogens with zero attached hydrogens (tertiary/aromatic N) is 3. The third-order valence-corrected chi connectivity index (χ3v) is 4.36. The van der Waals surface area contributed by atoms with Gasteiger partial charge in [0.15, 0.2) is 6.61 Å². The molecule has 3 aromatic rings. The second kappa shape index (κ2) is 10.2. The minimum atomic E-state index is -0.446. The van der Waals surface area contributed by atoms with Gasteiger partial charge in [0.05, 0.1) is 17.6 Å². The summed E-state index contributed by atoms with van der Waals surface area (Å²) >= 11 is 5.96. The average Bonchev–Trinajstić information content (AvgIpc) is 2.75. The summed E-state index contributed by atoms with van der Waals surface area (Å²) in [7, 11) is 0. The van der Waals surface area contributed by atoms with Gasteiger partial charge in [-0.15, -0.1) is 0 Å². The Balaban J connectivity index is 1.56. The van der Waals surface area contributed by atoms with Gasteiger partial charge in [0.25, 0.3) is 5.91 Å². The van der Waals surface area contributed by atoms with E-state index in [9.17, 15) is 9.90 Å². The van der Waals surface area contributed by atoms with Crippen molar-refractivity contribution in [2.45, 2.75) is 6.92 Å². The molecule has 2 N–H and O–H groups in total. The van der Waals surface area contributed by atoms with E-state index in [0.717, 1.165) is 5.56 Å². The van der Waals surface area contributed by atoms with E-state index in [1.807, 2.05) is 37.3 Å². The molecule has 8 heteroatoms. The summed E-state index contributed by atoms with van der Waals surface area (Å²) < 4.78 is 5.40. The van der Waals surface area contributed by atoms with Crippen LogP contribution >= 0.6 is 11.6 Å². The fraction of sp³-hybridized carbons (Fsp3) is 0.0909. The predicted octanol–water partition coefficient (Wildman–Crippen LogP) is 5.30. The van der Waals surface area contributed by atoms with Crippen LogP contribution in [-0.2, 0) is 4.79 Å². The number of hydrogen-bond donors (Lipinski definition) is 2. The molecule has 1 amide bonds. The van der Waals surface area contributed by atoms with Gasteiger partial charge in [-0.25, -0.2) is 5.43 Å². The van der Waals surface area contributed by atoms with Crippen LogP contribution in [0, 0.1) is 6.92 Å². The van der Waals surface area contributed by atoms with E-state index in [0.29, 0.717) is 27.7 Å². The van der Waals surface area contributed by atoms with Gasteiger partial charge in [0, 0.05) is 10.6 Å². The molecule has 0 radical (unpaired) electrons. The standard InChI is InChI=1S/C22H19ClN4O3/c1-15-11-19(8-9-20(15)23)30-14-22(29)27-24-13-16-12-18(7-10-21(16)28)26-25-17-5-3-2-4-6-17/h2-13,28H,14H2,1H3,(H,27,29)/b24-13+,26-25?. The van der Waals surface area contributed by atoms with Crippen molar-refractivity contribution in [1.29, 1.82) is 0 Å². The quantitative estimate of drug-likeness (QED) is 0.307. The topological polar surface area (TPSA) is 95.6 Å². The number of carbonyl (C=O) groups is 1. The fourth-order valence-electron chi connectivity index (χ4n) is 2.38. The van der Waals surface area contributed by atoms with Crippen molar-refractivity contribution in [3.8, 4) is 11.5 Å². The maximum absolute atomic E-state index is 11.9. The summed E-state index contributed by atoms with van der Waals surface area (Å²) in [6, 6.07) is 19.1. The number of hydrazone groups is 1. The molecular weight excluding hydrogens is 404 g/mol. The van der Waals surface area contributed by atoms with E-state index in [1.165, 1.54) is 12.3 Å². The van der Waals surface area contributed by atoms with Crippen LogP contribution in [0.5, 0.6) is 11.5 Å². The SMILES string of the molecule is Cc1cc(OCC(=O)N/N=C/c2cc(N=Nc3ccccc3)ccc2O)ccc1Cl. The molecule has 0 heterocycles. The van der Waals surface area contributed by atoms with Crippen molar-refractivity contribution < 1.29 is 14.6 Å². The maximum atomic E-state index is 11.9. The number of nitrogens with one attached hydrogen (secondary N) is 1. The van der Waals surface area contributed by atoms with Crippen LogP contribution in [-0.4, -0.2) is 23.8 Å². The summed E-state index contributed by atoms with van der Waals surface area (Å²) in [5.74, 6) is 0.0861. The predicted molar refractivity (Wildman–Crippen MR) is 116 cm³/mol. The Kier molecular flexibility index (Phi) is 7.13. The zero-order valence-electron chi connectivity index (χ0n) is 16.1. The van der Waals surface area contributed by atoms with Crippen LogP contribution in [0.2, 0.25) is 5.02 Å². The third-order valence-electron chi connectivity index (χ3n) is 3.94. The van der Waals surface area contributed by atoms with Crippen molar-refractivity contribution >= 4 is 35.1 Å². The number of phenolic OH excluding ortho intramolecular Hbond substituents is 1. The highest BCUT2D eigenvalue weighted by atomic mass is 35.5. The minimum Gasteiger partial charge on any atom is -0.507 e. The lowest BCUT2D eigenvalue weighted by Gasteiger charge is -2.06. The van der Waals surface area contributed by atoms with Gasteiger partial charge < -0.3 is 9.84 Å². The Morgan fingerprint density at radius 3 is 2.60 bits per heavy atom. The zero-order valence-corrected chi connectivity index (χ0v) is 16.9. The molecule has 0 aliphatic heterocycles. The lowest BCUT2D eigenvalue weighted by molar-refractivity contribution is -0.123. The highest BCUT2D eigenvalue weighted by molar-refractivity contribution is 6.31. The van der Waals surface area contributed by atoms with Gasteiger partial charge in [-0.2, -0.15) is 15.3 Å². The second-order valence-electron chi connectivity index (χ2n) is 6.27. The Bertz CT molecular complexity index is 1080. The van der Waals surface area contributed by atoms with Gasteiger partial charge in [-0.3, -0.25) is 4.79 Å². The van der Waals surface area contributed by atoms with Gasteiger partial charge >= 0.3 is 0 Å². The van der Waals surface area contributed by atoms with Crippen molar-refractivity contribution in [3.05, 3.63) is 82.9 Å². The summed E-state index contributed by atoms with van der Waals surface area (Å²) in [5.41, 5.74) is 4.83. The monoisotopic (exact) mass is 422 g/mol. The first-order valence-electron chi connectivity index (χ1n) is 9.02. The van der Waals surface area contributed by atoms with Crippen LogP contribution in [0.3, 0.4) is 0 Å². The summed E-state index contributed by atoms with van der Waals surface area (Å²) in [4.78, 5) is 11.9. The number of halogens is 1. The Hall–Kier alpha value is -3.71. The number of amides is 1. The van der Waals surface area contributed by atoms with Crippen LogP contribution in [0.25, 0.3) is 0 Å². The average molecular weight is 423 g/mol. The Labute approximate surface area is 178 Å². The molecule has 3 rings (SSSR count). The molecule has 0 saturated heterocycles. The largest absolute Gasteiger partial charge is 0.507 e. The highest BCUT2D eigenvalue weighted by Crippen LogP contribution is 2.24. The molecule has 0 fully saturated rings. The smallest absolute Gasteiger partial charge is 0.277 e. The molecule has 3 aromatic carbocycles. The second-order valence-corrected chi connectivity index (χ2v) is 6.68. The number of carbonyl (C=O) groups excluding carboxylic acids is 1. The summed E-state index contributed by atoms with van der Waals surface area (Å²) in [6.45, 7) is 1.63. The summed E-state index contributed by atoms with van der Waals surface area (Å²) in [6.07, 6.45) is 1.32. The number of ether oxygens (including phenoxy) is 1. The van der Waals surface area contributed by atoms with Crippen LogP contribution in [0.4, 0.5) is 11.4 Å². The molecule has 0 atom stereocenters. The molecular formula is C22H19ClN4O3. The third kappa shape index (κ3) is 6.15. The van der Waals surface area contributed by atoms with Crippen molar-refractivity contribution in [1.82, 2.24) is 5.43 Å². The van der Waals surface area contributed by atoms with E-state index >= 15 is 0 Å². The number of benzene rings is 3. The number of phenols is 1. The van der Waals surface area contributed by atoms with Crippen LogP contribution in [0.1, 0.15) is 11.1 Å². The lowest BCUT2D eigenvalue weighted by atomic mass is 10.2. The van der Waals surface area contributed by atoms with Crippen molar-refractivity contribution in [3.63, 3.8) is 0 Å². The molecule has 0 aliphatic rings. The normalized spacial score (nSPS) is 11.1. The number of aryl methyl sites for hydroxylation is 1.